The van der Waals surface area contributed by atoms with E-state index in [9.17, 15) is 18.0 Å². The van der Waals surface area contributed by atoms with E-state index in [2.05, 4.69) is 9.73 Å². The molecule has 1 fully saturated rings. The minimum absolute atomic E-state index is 0.00707. The molecule has 118 valence electrons. The maximum atomic E-state index is 12.1. The molecular weight excluding hydrogens is 303 g/mol. The van der Waals surface area contributed by atoms with Crippen molar-refractivity contribution in [2.45, 2.75) is 19.2 Å². The molecule has 0 bridgehead atoms. The average molecular weight is 315 g/mol. The number of halogens is 3. The molecule has 22 heavy (non-hydrogen) atoms. The summed E-state index contributed by atoms with van der Waals surface area (Å²) in [6.45, 7) is 0. The molecule has 1 saturated carbocycles. The lowest BCUT2D eigenvalue weighted by atomic mass is 10.2. The van der Waals surface area contributed by atoms with E-state index in [0.717, 1.165) is 25.0 Å². The smallest absolute Gasteiger partial charge is 0.411 e. The Morgan fingerprint density at radius 3 is 2.64 bits per heavy atom. The van der Waals surface area contributed by atoms with Gasteiger partial charge in [0.05, 0.1) is 0 Å². The van der Waals surface area contributed by atoms with Crippen LogP contribution in [0.25, 0.3) is 0 Å². The fourth-order valence-corrected chi connectivity index (χ4v) is 1.56. The first-order valence-electron chi connectivity index (χ1n) is 6.25. The van der Waals surface area contributed by atoms with Crippen LogP contribution in [0.1, 0.15) is 23.2 Å². The van der Waals surface area contributed by atoms with E-state index < -0.39 is 24.0 Å². The summed E-state index contributed by atoms with van der Waals surface area (Å²) in [7, 11) is 0. The van der Waals surface area contributed by atoms with Crippen molar-refractivity contribution in [3.63, 3.8) is 0 Å². The second-order valence-corrected chi connectivity index (χ2v) is 4.57. The van der Waals surface area contributed by atoms with Crippen molar-refractivity contribution < 1.29 is 27.4 Å². The molecule has 6 nitrogen and oxygen atoms in total. The van der Waals surface area contributed by atoms with Gasteiger partial charge in [-0.1, -0.05) is 6.07 Å². The van der Waals surface area contributed by atoms with E-state index in [1.807, 2.05) is 0 Å². The van der Waals surface area contributed by atoms with Gasteiger partial charge in [-0.3, -0.25) is 10.2 Å². The number of nitrogens with one attached hydrogen (secondary N) is 1. The summed E-state index contributed by atoms with van der Waals surface area (Å²) in [5.41, 5.74) is 5.23. The van der Waals surface area contributed by atoms with Crippen molar-refractivity contribution in [1.29, 1.82) is 5.41 Å². The molecule has 1 aliphatic rings. The van der Waals surface area contributed by atoms with Crippen LogP contribution >= 0.6 is 0 Å². The van der Waals surface area contributed by atoms with Crippen LogP contribution in [0.15, 0.2) is 29.3 Å². The van der Waals surface area contributed by atoms with Crippen LogP contribution in [0.4, 0.5) is 13.2 Å². The van der Waals surface area contributed by atoms with Crippen molar-refractivity contribution in [2.75, 3.05) is 0 Å². The third-order valence-electron chi connectivity index (χ3n) is 2.69. The third kappa shape index (κ3) is 4.76. The molecule has 0 atom stereocenters. The van der Waals surface area contributed by atoms with Crippen molar-refractivity contribution in [1.82, 2.24) is 0 Å². The van der Waals surface area contributed by atoms with Gasteiger partial charge in [-0.15, -0.1) is 13.2 Å². The predicted octanol–water partition coefficient (Wildman–Crippen LogP) is 2.44. The van der Waals surface area contributed by atoms with Crippen molar-refractivity contribution in [3.8, 4) is 5.75 Å². The normalized spacial score (nSPS) is 15.3. The lowest BCUT2D eigenvalue weighted by Crippen LogP contribution is -2.23. The van der Waals surface area contributed by atoms with Gasteiger partial charge in [0.2, 0.25) is 0 Å². The number of aliphatic imine (C=N–C) groups is 1. The number of amidine groups is 1. The minimum atomic E-state index is -4.85. The zero-order valence-electron chi connectivity index (χ0n) is 11.2. The maximum absolute atomic E-state index is 12.1. The van der Waals surface area contributed by atoms with E-state index >= 15 is 0 Å². The van der Waals surface area contributed by atoms with E-state index in [1.165, 1.54) is 12.1 Å². The van der Waals surface area contributed by atoms with Crippen LogP contribution in [-0.4, -0.2) is 24.2 Å². The Balaban J connectivity index is 2.05. The molecule has 2 rings (SSSR count). The highest BCUT2D eigenvalue weighted by Crippen LogP contribution is 2.30. The Kier molecular flexibility index (Phi) is 4.34. The van der Waals surface area contributed by atoms with Gasteiger partial charge >= 0.3 is 6.36 Å². The van der Waals surface area contributed by atoms with Gasteiger partial charge in [-0.25, -0.2) is 0 Å². The molecule has 1 aromatic carbocycles. The lowest BCUT2D eigenvalue weighted by Gasteiger charge is -2.09. The van der Waals surface area contributed by atoms with E-state index in [1.54, 1.807) is 0 Å². The molecule has 0 heterocycles. The molecule has 0 saturated heterocycles. The second kappa shape index (κ2) is 6.04. The molecule has 1 aromatic rings. The lowest BCUT2D eigenvalue weighted by molar-refractivity contribution is -0.274. The number of carbonyl (C=O) groups excluding carboxylic acids is 1. The zero-order valence-corrected chi connectivity index (χ0v) is 11.2. The summed E-state index contributed by atoms with van der Waals surface area (Å²) < 4.78 is 44.9. The van der Waals surface area contributed by atoms with Gasteiger partial charge in [0.1, 0.15) is 5.75 Å². The van der Waals surface area contributed by atoms with Crippen LogP contribution in [0.2, 0.25) is 0 Å². The highest BCUT2D eigenvalue weighted by molar-refractivity contribution is 6.03. The van der Waals surface area contributed by atoms with Gasteiger partial charge in [-0.2, -0.15) is 4.99 Å². The first-order chi connectivity index (χ1) is 10.2. The van der Waals surface area contributed by atoms with Crippen LogP contribution in [0, 0.1) is 11.3 Å². The number of benzene rings is 1. The topological polar surface area (TPSA) is 97.8 Å². The number of amides is 1. The number of hydrogen-bond donors (Lipinski definition) is 2. The highest BCUT2D eigenvalue weighted by Gasteiger charge is 2.31. The second-order valence-electron chi connectivity index (χ2n) is 4.57. The largest absolute Gasteiger partial charge is 0.573 e. The molecule has 9 heteroatoms. The SMILES string of the molecule is N=C(OC(N)=NC(=O)c1cccc(OC(F)(F)F)c1)C1CC1. The Morgan fingerprint density at radius 2 is 2.05 bits per heavy atom. The molecule has 1 amide bonds. The van der Waals surface area contributed by atoms with Crippen LogP contribution in [-0.2, 0) is 4.74 Å². The Morgan fingerprint density at radius 1 is 1.36 bits per heavy atom. The standard InChI is InChI=1S/C13H12F3N3O3/c14-13(15,16)22-9-3-1-2-8(6-9)11(20)19-12(18)21-10(17)7-4-5-7/h1-3,6-7,17H,4-5H2,(H2,18,19,20). The third-order valence-corrected chi connectivity index (χ3v) is 2.69. The van der Waals surface area contributed by atoms with E-state index in [-0.39, 0.29) is 17.4 Å². The molecule has 0 aromatic heterocycles. The van der Waals surface area contributed by atoms with E-state index in [0.29, 0.717) is 0 Å². The molecule has 0 aliphatic heterocycles. The van der Waals surface area contributed by atoms with Crippen molar-refractivity contribution in [3.05, 3.63) is 29.8 Å². The van der Waals surface area contributed by atoms with Gasteiger partial charge in [-0.05, 0) is 31.0 Å². The summed E-state index contributed by atoms with van der Waals surface area (Å²) in [6, 6.07) is 3.89. The van der Waals surface area contributed by atoms with E-state index in [4.69, 9.17) is 15.9 Å². The number of hydrogen-bond acceptors (Lipinski definition) is 4. The molecular formula is C13H12F3N3O3. The summed E-state index contributed by atoms with van der Waals surface area (Å²) in [5.74, 6) is -1.52. The minimum Gasteiger partial charge on any atom is -0.411 e. The molecule has 0 unspecified atom stereocenters. The molecule has 1 aliphatic carbocycles. The molecule has 0 radical (unpaired) electrons. The summed E-state index contributed by atoms with van der Waals surface area (Å²) >= 11 is 0. The summed E-state index contributed by atoms with van der Waals surface area (Å²) in [6.07, 6.45) is -3.22. The summed E-state index contributed by atoms with van der Waals surface area (Å²) in [4.78, 5) is 15.2. The monoisotopic (exact) mass is 315 g/mol. The van der Waals surface area contributed by atoms with Crippen molar-refractivity contribution >= 4 is 17.8 Å². The first kappa shape index (κ1) is 15.8. The first-order valence-corrected chi connectivity index (χ1v) is 6.25. The number of carbonyl (C=O) groups is 1. The zero-order chi connectivity index (χ0) is 16.3. The number of rotatable bonds is 3. The van der Waals surface area contributed by atoms with Gasteiger partial charge in [0.15, 0.2) is 5.90 Å². The number of nitrogens with two attached hydrogens (primary N) is 1. The van der Waals surface area contributed by atoms with Crippen LogP contribution in [0.3, 0.4) is 0 Å². The summed E-state index contributed by atoms with van der Waals surface area (Å²) in [5, 5.41) is 7.48. The molecule has 3 N–H and O–H groups in total. The van der Waals surface area contributed by atoms with Gasteiger partial charge in [0, 0.05) is 11.5 Å². The number of nitrogens with zero attached hydrogens (tertiary/aromatic N) is 1. The fraction of sp³-hybridized carbons (Fsp3) is 0.308. The Labute approximate surface area is 123 Å². The number of alkyl halides is 3. The Hall–Kier alpha value is -2.58. The van der Waals surface area contributed by atoms with Crippen molar-refractivity contribution in [2.24, 2.45) is 16.6 Å². The quantitative estimate of drug-likeness (QED) is 0.661. The fourth-order valence-electron chi connectivity index (χ4n) is 1.56. The van der Waals surface area contributed by atoms with Gasteiger partial charge < -0.3 is 15.2 Å². The Bertz CT molecular complexity index is 624. The van der Waals surface area contributed by atoms with Crippen LogP contribution in [0.5, 0.6) is 5.75 Å². The maximum Gasteiger partial charge on any atom is 0.573 e. The highest BCUT2D eigenvalue weighted by atomic mass is 19.4. The van der Waals surface area contributed by atoms with Crippen LogP contribution < -0.4 is 10.5 Å². The molecule has 0 spiro atoms. The predicted molar refractivity (Wildman–Crippen MR) is 70.6 cm³/mol. The average Bonchev–Trinajstić information content (AvgIpc) is 3.20. The number of ether oxygens (including phenoxy) is 2. The van der Waals surface area contributed by atoms with Gasteiger partial charge in [0.25, 0.3) is 11.9 Å².